The smallest absolute Gasteiger partial charge is 0.253 e. The fraction of sp³-hybridized carbons (Fsp3) is 0.346. The van der Waals surface area contributed by atoms with E-state index in [2.05, 4.69) is 37.4 Å². The predicted molar refractivity (Wildman–Crippen MR) is 125 cm³/mol. The maximum absolute atomic E-state index is 12.6. The lowest BCUT2D eigenvalue weighted by molar-refractivity contribution is -0.117. The number of benzene rings is 1. The average molecular weight is 407 g/mol. The van der Waals surface area contributed by atoms with Crippen molar-refractivity contribution in [1.82, 2.24) is 5.32 Å². The van der Waals surface area contributed by atoms with Crippen LogP contribution in [0.3, 0.4) is 0 Å². The molecule has 4 heteroatoms. The van der Waals surface area contributed by atoms with Gasteiger partial charge >= 0.3 is 0 Å². The number of hydrogen-bond donors (Lipinski definition) is 2. The van der Waals surface area contributed by atoms with Crippen LogP contribution in [0.5, 0.6) is 5.75 Å². The number of amides is 1. The van der Waals surface area contributed by atoms with Gasteiger partial charge in [-0.1, -0.05) is 54.5 Å². The molecule has 1 amide bonds. The SMILES string of the molecule is CCC(C)=C(C)/C=C\C(C(=O)NCc1ccc(OCC2=CCCC=C2)cc1)=C(/C)N. The molecule has 1 aromatic carbocycles. The van der Waals surface area contributed by atoms with E-state index in [0.29, 0.717) is 24.4 Å². The molecule has 3 N–H and O–H groups in total. The molecular weight excluding hydrogens is 372 g/mol. The molecule has 0 saturated carbocycles. The predicted octanol–water partition coefficient (Wildman–Crippen LogP) is 5.49. The minimum absolute atomic E-state index is 0.176. The van der Waals surface area contributed by atoms with Crippen molar-refractivity contribution in [2.24, 2.45) is 5.73 Å². The summed E-state index contributed by atoms with van der Waals surface area (Å²) in [5.41, 5.74) is 11.6. The normalized spacial score (nSPS) is 15.4. The molecule has 1 aliphatic rings. The minimum Gasteiger partial charge on any atom is -0.489 e. The first-order valence-electron chi connectivity index (χ1n) is 10.6. The van der Waals surface area contributed by atoms with E-state index in [0.717, 1.165) is 36.1 Å². The molecule has 0 aliphatic heterocycles. The van der Waals surface area contributed by atoms with Gasteiger partial charge in [0.05, 0.1) is 5.57 Å². The van der Waals surface area contributed by atoms with Crippen LogP contribution in [-0.4, -0.2) is 12.5 Å². The Hall–Kier alpha value is -3.01. The van der Waals surface area contributed by atoms with Gasteiger partial charge in [-0.05, 0) is 69.4 Å². The van der Waals surface area contributed by atoms with E-state index < -0.39 is 0 Å². The van der Waals surface area contributed by atoms with Crippen molar-refractivity contribution in [2.75, 3.05) is 6.61 Å². The molecule has 2 rings (SSSR count). The molecule has 0 bridgehead atoms. The molecule has 4 nitrogen and oxygen atoms in total. The Morgan fingerprint density at radius 1 is 1.13 bits per heavy atom. The lowest BCUT2D eigenvalue weighted by Gasteiger charge is -2.11. The number of allylic oxidation sites excluding steroid dienone is 6. The van der Waals surface area contributed by atoms with Gasteiger partial charge < -0.3 is 15.8 Å². The third kappa shape index (κ3) is 7.43. The Labute approximate surface area is 180 Å². The summed E-state index contributed by atoms with van der Waals surface area (Å²) in [5, 5.41) is 2.95. The van der Waals surface area contributed by atoms with E-state index in [-0.39, 0.29) is 5.91 Å². The van der Waals surface area contributed by atoms with Gasteiger partial charge in [0.15, 0.2) is 0 Å². The first-order valence-corrected chi connectivity index (χ1v) is 10.6. The molecule has 0 saturated heterocycles. The van der Waals surface area contributed by atoms with Crippen LogP contribution < -0.4 is 15.8 Å². The second-order valence-corrected chi connectivity index (χ2v) is 7.62. The summed E-state index contributed by atoms with van der Waals surface area (Å²) < 4.78 is 5.83. The standard InChI is InChI=1S/C26H34N2O2/c1-5-19(2)20(3)11-16-25(21(4)27)26(29)28-17-22-12-14-24(15-13-22)30-18-23-9-7-6-8-10-23/h7,9-16H,5-6,8,17-18,27H2,1-4H3,(H,28,29)/b16-11-,20-19?,25-21-. The summed E-state index contributed by atoms with van der Waals surface area (Å²) in [5.74, 6) is 0.643. The van der Waals surface area contributed by atoms with Crippen molar-refractivity contribution in [2.45, 2.75) is 53.5 Å². The van der Waals surface area contributed by atoms with E-state index in [9.17, 15) is 4.79 Å². The number of nitrogens with one attached hydrogen (secondary N) is 1. The molecule has 1 aromatic rings. The number of rotatable bonds is 9. The average Bonchev–Trinajstić information content (AvgIpc) is 2.76. The van der Waals surface area contributed by atoms with Gasteiger partial charge in [-0.25, -0.2) is 0 Å². The van der Waals surface area contributed by atoms with Crippen LogP contribution in [0.4, 0.5) is 0 Å². The summed E-state index contributed by atoms with van der Waals surface area (Å²) in [6, 6.07) is 7.79. The Balaban J connectivity index is 1.91. The summed E-state index contributed by atoms with van der Waals surface area (Å²) in [7, 11) is 0. The van der Waals surface area contributed by atoms with Crippen LogP contribution in [0.1, 0.15) is 52.5 Å². The van der Waals surface area contributed by atoms with E-state index in [1.807, 2.05) is 37.3 Å². The number of carbonyl (C=O) groups excluding carboxylic acids is 1. The molecule has 0 atom stereocenters. The number of carbonyl (C=O) groups is 1. The zero-order chi connectivity index (χ0) is 21.9. The zero-order valence-corrected chi connectivity index (χ0v) is 18.6. The highest BCUT2D eigenvalue weighted by Crippen LogP contribution is 2.16. The molecule has 0 heterocycles. The Morgan fingerprint density at radius 3 is 2.47 bits per heavy atom. The molecular formula is C26H34N2O2. The van der Waals surface area contributed by atoms with Gasteiger partial charge in [-0.15, -0.1) is 0 Å². The van der Waals surface area contributed by atoms with Gasteiger partial charge in [-0.3, -0.25) is 4.79 Å². The van der Waals surface area contributed by atoms with Crippen LogP contribution in [0, 0.1) is 0 Å². The van der Waals surface area contributed by atoms with Crippen molar-refractivity contribution in [3.8, 4) is 5.75 Å². The number of hydrogen-bond acceptors (Lipinski definition) is 3. The molecule has 0 unspecified atom stereocenters. The van der Waals surface area contributed by atoms with Crippen LogP contribution in [0.15, 0.2) is 82.6 Å². The fourth-order valence-electron chi connectivity index (χ4n) is 2.94. The Bertz CT molecular complexity index is 880. The quantitative estimate of drug-likeness (QED) is 0.421. The number of ether oxygens (including phenoxy) is 1. The van der Waals surface area contributed by atoms with Crippen LogP contribution in [0.25, 0.3) is 0 Å². The largest absolute Gasteiger partial charge is 0.489 e. The lowest BCUT2D eigenvalue weighted by Crippen LogP contribution is -2.25. The summed E-state index contributed by atoms with van der Waals surface area (Å²) in [6.07, 6.45) is 13.4. The maximum Gasteiger partial charge on any atom is 0.253 e. The highest BCUT2D eigenvalue weighted by molar-refractivity contribution is 5.96. The second kappa shape index (κ2) is 11.9. The molecule has 30 heavy (non-hydrogen) atoms. The molecule has 1 aliphatic carbocycles. The monoisotopic (exact) mass is 406 g/mol. The van der Waals surface area contributed by atoms with E-state index in [1.165, 1.54) is 11.1 Å². The van der Waals surface area contributed by atoms with Crippen molar-refractivity contribution in [1.29, 1.82) is 0 Å². The van der Waals surface area contributed by atoms with Gasteiger partial charge in [0.1, 0.15) is 12.4 Å². The summed E-state index contributed by atoms with van der Waals surface area (Å²) in [6.45, 7) is 9.00. The van der Waals surface area contributed by atoms with Crippen molar-refractivity contribution in [3.05, 3.63) is 88.2 Å². The van der Waals surface area contributed by atoms with Gasteiger partial charge in [0.2, 0.25) is 0 Å². The Morgan fingerprint density at radius 2 is 1.87 bits per heavy atom. The zero-order valence-electron chi connectivity index (χ0n) is 18.6. The first-order chi connectivity index (χ1) is 14.4. The summed E-state index contributed by atoms with van der Waals surface area (Å²) in [4.78, 5) is 12.6. The molecule has 0 aromatic heterocycles. The minimum atomic E-state index is -0.176. The molecule has 0 spiro atoms. The first kappa shape index (κ1) is 23.3. The van der Waals surface area contributed by atoms with Crippen molar-refractivity contribution < 1.29 is 9.53 Å². The third-order valence-corrected chi connectivity index (χ3v) is 5.23. The highest BCUT2D eigenvalue weighted by atomic mass is 16.5. The Kier molecular flexibility index (Phi) is 9.20. The van der Waals surface area contributed by atoms with Gasteiger partial charge in [0.25, 0.3) is 5.91 Å². The molecule has 160 valence electrons. The molecule has 0 radical (unpaired) electrons. The third-order valence-electron chi connectivity index (χ3n) is 5.23. The maximum atomic E-state index is 12.6. The van der Waals surface area contributed by atoms with E-state index >= 15 is 0 Å². The van der Waals surface area contributed by atoms with Crippen molar-refractivity contribution >= 4 is 5.91 Å². The van der Waals surface area contributed by atoms with E-state index in [4.69, 9.17) is 10.5 Å². The molecule has 0 fully saturated rings. The number of nitrogens with two attached hydrogens (primary N) is 1. The fourth-order valence-corrected chi connectivity index (χ4v) is 2.94. The topological polar surface area (TPSA) is 64.3 Å². The van der Waals surface area contributed by atoms with Gasteiger partial charge in [-0.2, -0.15) is 0 Å². The van der Waals surface area contributed by atoms with Crippen molar-refractivity contribution in [3.63, 3.8) is 0 Å². The highest BCUT2D eigenvalue weighted by Gasteiger charge is 2.09. The van der Waals surface area contributed by atoms with Crippen LogP contribution in [-0.2, 0) is 11.3 Å². The summed E-state index contributed by atoms with van der Waals surface area (Å²) >= 11 is 0. The lowest BCUT2D eigenvalue weighted by atomic mass is 10.1. The second-order valence-electron chi connectivity index (χ2n) is 7.62. The van der Waals surface area contributed by atoms with Gasteiger partial charge in [0, 0.05) is 12.2 Å². The van der Waals surface area contributed by atoms with Crippen LogP contribution in [0.2, 0.25) is 0 Å². The van der Waals surface area contributed by atoms with E-state index in [1.54, 1.807) is 13.0 Å². The van der Waals surface area contributed by atoms with Crippen LogP contribution >= 0.6 is 0 Å².